The van der Waals surface area contributed by atoms with Gasteiger partial charge in [0, 0.05) is 25.2 Å². The van der Waals surface area contributed by atoms with Crippen LogP contribution in [0.25, 0.3) is 0 Å². The van der Waals surface area contributed by atoms with E-state index in [9.17, 15) is 19.2 Å². The van der Waals surface area contributed by atoms with Gasteiger partial charge in [-0.3, -0.25) is 29.0 Å². The second-order valence-corrected chi connectivity index (χ2v) is 14.3. The fraction of sp³-hybridized carbons (Fsp3) is 0.733. The summed E-state index contributed by atoms with van der Waals surface area (Å²) in [6, 6.07) is 0.388. The van der Waals surface area contributed by atoms with E-state index in [1.807, 2.05) is 0 Å². The number of hydrogen-bond acceptors (Lipinski definition) is 7. The quantitative estimate of drug-likeness (QED) is 0.144. The molecule has 40 heavy (non-hydrogen) atoms. The molecule has 6 rings (SSSR count). The van der Waals surface area contributed by atoms with Crippen LogP contribution in [0.5, 0.6) is 0 Å². The van der Waals surface area contributed by atoms with Gasteiger partial charge < -0.3 is 9.05 Å². The van der Waals surface area contributed by atoms with Gasteiger partial charge in [0.15, 0.2) is 0 Å². The molecule has 10 heteroatoms. The van der Waals surface area contributed by atoms with E-state index in [-0.39, 0.29) is 83.1 Å². The zero-order valence-electron chi connectivity index (χ0n) is 24.0. The van der Waals surface area contributed by atoms with Crippen LogP contribution in [0.4, 0.5) is 0 Å². The number of allylic oxidation sites excluding steroid dienone is 4. The molecular formula is C30H42N3O6P. The maximum Gasteiger partial charge on any atom is 0.259 e. The van der Waals surface area contributed by atoms with Gasteiger partial charge in [0.2, 0.25) is 23.6 Å². The number of nitrogens with zero attached hydrogens (tertiary/aromatic N) is 3. The number of fused-ring (bicyclic) bond motifs is 10. The molecule has 2 heterocycles. The van der Waals surface area contributed by atoms with Gasteiger partial charge in [-0.1, -0.05) is 24.3 Å². The molecule has 0 aromatic heterocycles. The minimum atomic E-state index is -1.39. The highest BCUT2D eigenvalue weighted by Crippen LogP contribution is 2.54. The largest absolute Gasteiger partial charge is 0.322 e. The monoisotopic (exact) mass is 571 g/mol. The third-order valence-electron chi connectivity index (χ3n) is 9.83. The summed E-state index contributed by atoms with van der Waals surface area (Å²) in [5.41, 5.74) is 0. The van der Waals surface area contributed by atoms with Gasteiger partial charge in [0.1, 0.15) is 0 Å². The molecule has 0 radical (unpaired) electrons. The summed E-state index contributed by atoms with van der Waals surface area (Å²) in [5.74, 6) is 0.145. The van der Waals surface area contributed by atoms with Crippen LogP contribution in [-0.4, -0.2) is 76.5 Å². The molecule has 8 unspecified atom stereocenters. The van der Waals surface area contributed by atoms with E-state index in [1.54, 1.807) is 0 Å². The Morgan fingerprint density at radius 1 is 0.675 bits per heavy atom. The van der Waals surface area contributed by atoms with Crippen LogP contribution in [0.2, 0.25) is 0 Å². The predicted octanol–water partition coefficient (Wildman–Crippen LogP) is 3.76. The van der Waals surface area contributed by atoms with Gasteiger partial charge in [0.25, 0.3) is 8.53 Å². The summed E-state index contributed by atoms with van der Waals surface area (Å²) < 4.78 is 14.7. The van der Waals surface area contributed by atoms with Crippen LogP contribution in [0.15, 0.2) is 24.3 Å². The van der Waals surface area contributed by atoms with Gasteiger partial charge in [-0.15, -0.1) is 0 Å². The van der Waals surface area contributed by atoms with Crippen LogP contribution < -0.4 is 0 Å². The molecule has 0 N–H and O–H groups in total. The lowest BCUT2D eigenvalue weighted by Gasteiger charge is -2.35. The van der Waals surface area contributed by atoms with Crippen LogP contribution in [0.1, 0.15) is 53.4 Å². The molecule has 0 aromatic carbocycles. The lowest BCUT2D eigenvalue weighted by atomic mass is 9.85. The normalized spacial score (nSPS) is 36.1. The second-order valence-electron chi connectivity index (χ2n) is 12.8. The molecule has 0 spiro atoms. The summed E-state index contributed by atoms with van der Waals surface area (Å²) >= 11 is 0. The maximum absolute atomic E-state index is 13.0. The van der Waals surface area contributed by atoms with Crippen molar-refractivity contribution in [3.05, 3.63) is 24.3 Å². The van der Waals surface area contributed by atoms with Crippen molar-refractivity contribution >= 4 is 32.2 Å². The van der Waals surface area contributed by atoms with Crippen LogP contribution >= 0.6 is 8.53 Å². The Bertz CT molecular complexity index is 979. The highest BCUT2D eigenvalue weighted by molar-refractivity contribution is 7.44. The second kappa shape index (κ2) is 11.0. The molecule has 2 aliphatic heterocycles. The Kier molecular flexibility index (Phi) is 7.79. The molecular weight excluding hydrogens is 529 g/mol. The lowest BCUT2D eigenvalue weighted by Crippen LogP contribution is -2.36. The minimum absolute atomic E-state index is 0.0183. The van der Waals surface area contributed by atoms with Crippen LogP contribution in [0, 0.1) is 47.3 Å². The molecule has 8 atom stereocenters. The summed E-state index contributed by atoms with van der Waals surface area (Å²) in [6.45, 7) is 9.91. The molecule has 0 aromatic rings. The van der Waals surface area contributed by atoms with Gasteiger partial charge in [-0.2, -0.15) is 0 Å². The van der Waals surface area contributed by atoms with E-state index in [2.05, 4.69) is 56.7 Å². The highest BCUT2D eigenvalue weighted by atomic mass is 31.2. The van der Waals surface area contributed by atoms with Crippen LogP contribution in [-0.2, 0) is 28.2 Å². The summed E-state index contributed by atoms with van der Waals surface area (Å²) in [5, 5.41) is 0. The van der Waals surface area contributed by atoms with Gasteiger partial charge in [-0.05, 0) is 77.0 Å². The molecule has 2 saturated carbocycles. The molecule has 6 aliphatic rings. The molecule has 2 saturated heterocycles. The molecule has 4 bridgehead atoms. The van der Waals surface area contributed by atoms with Crippen molar-refractivity contribution in [2.45, 2.75) is 65.5 Å². The van der Waals surface area contributed by atoms with Gasteiger partial charge >= 0.3 is 0 Å². The van der Waals surface area contributed by atoms with Crippen molar-refractivity contribution in [1.29, 1.82) is 0 Å². The number of carbonyl (C=O) groups excluding carboxylic acids is 4. The average molecular weight is 572 g/mol. The first-order valence-electron chi connectivity index (χ1n) is 15.1. The zero-order valence-corrected chi connectivity index (χ0v) is 24.9. The summed E-state index contributed by atoms with van der Waals surface area (Å²) in [6.07, 6.45) is 11.4. The topological polar surface area (TPSA) is 96.5 Å². The Morgan fingerprint density at radius 3 is 1.30 bits per heavy atom. The van der Waals surface area contributed by atoms with E-state index in [0.29, 0.717) is 39.1 Å². The summed E-state index contributed by atoms with van der Waals surface area (Å²) in [7, 11) is -1.39. The van der Waals surface area contributed by atoms with Crippen molar-refractivity contribution in [2.75, 3.05) is 26.3 Å². The van der Waals surface area contributed by atoms with Crippen molar-refractivity contribution < 1.29 is 28.2 Å². The van der Waals surface area contributed by atoms with Crippen molar-refractivity contribution in [3.8, 4) is 0 Å². The minimum Gasteiger partial charge on any atom is -0.322 e. The van der Waals surface area contributed by atoms with E-state index < -0.39 is 8.53 Å². The lowest BCUT2D eigenvalue weighted by molar-refractivity contribution is -0.142. The van der Waals surface area contributed by atoms with Crippen molar-refractivity contribution in [2.24, 2.45) is 47.3 Å². The van der Waals surface area contributed by atoms with Gasteiger partial charge in [-0.25, -0.2) is 4.67 Å². The number of imide groups is 2. The third kappa shape index (κ3) is 4.61. The molecule has 4 aliphatic carbocycles. The number of likely N-dealkylation sites (tertiary alicyclic amines) is 2. The number of carbonyl (C=O) groups is 4. The third-order valence-corrected chi connectivity index (χ3v) is 11.9. The van der Waals surface area contributed by atoms with E-state index in [1.165, 1.54) is 9.80 Å². The first-order valence-corrected chi connectivity index (χ1v) is 16.2. The Labute approximate surface area is 238 Å². The van der Waals surface area contributed by atoms with E-state index >= 15 is 0 Å². The number of rotatable bonds is 13. The number of amides is 4. The molecule has 9 nitrogen and oxygen atoms in total. The first kappa shape index (κ1) is 28.2. The Morgan fingerprint density at radius 2 is 1.00 bits per heavy atom. The fourth-order valence-corrected chi connectivity index (χ4v) is 9.91. The van der Waals surface area contributed by atoms with Crippen molar-refractivity contribution in [3.63, 3.8) is 0 Å². The standard InChI is InChI=1S/C30H42N3O6P/c1-17(2)33(18(3)4)40(38-13-5-11-31-27(34)23-19-7-8-20(15-19)24(23)28(31)35)39-14-6-12-32-29(36)25-21-9-10-22(16-21)26(25)30(32)37/h7-10,17-26H,5-6,11-16H2,1-4H3. The van der Waals surface area contributed by atoms with Gasteiger partial charge in [0.05, 0.1) is 36.9 Å². The van der Waals surface area contributed by atoms with Crippen molar-refractivity contribution in [1.82, 2.24) is 14.5 Å². The van der Waals surface area contributed by atoms with E-state index in [0.717, 1.165) is 12.8 Å². The average Bonchev–Trinajstić information content (AvgIpc) is 3.74. The van der Waals surface area contributed by atoms with E-state index in [4.69, 9.17) is 9.05 Å². The Hall–Kier alpha value is -1.93. The maximum atomic E-state index is 13.0. The molecule has 4 amide bonds. The van der Waals surface area contributed by atoms with Crippen LogP contribution in [0.3, 0.4) is 0 Å². The zero-order chi connectivity index (χ0) is 28.3. The summed E-state index contributed by atoms with van der Waals surface area (Å²) in [4.78, 5) is 54.8. The Balaban J connectivity index is 0.991. The fourth-order valence-electron chi connectivity index (χ4n) is 8.24. The first-order chi connectivity index (χ1) is 19.2. The number of hydrogen-bond donors (Lipinski definition) is 0. The SMILES string of the molecule is CC(C)N(C(C)C)P(OCCCN1C(=O)C2C3C=CC(C3)C2C1=O)OCCCN1C(=O)C2C3C=CC(C3)C2C1=O. The molecule has 4 fully saturated rings. The highest BCUT2D eigenvalue weighted by Gasteiger charge is 2.60. The molecule has 218 valence electrons. The smallest absolute Gasteiger partial charge is 0.259 e. The predicted molar refractivity (Wildman–Crippen MR) is 149 cm³/mol.